The standard InChI is InChI=1S/C39H29N3/c1-3-32-33-19-17-30(23-35(33)34-14-4-8-25(2)37(32)34)36-20-18-28-16-15-27(38(40)39(28)42-36)11-5-9-26-10-6-12-29(22-26)31-13-7-21-41-24-31/h3-8,10-24H,1-2,9,40H2/b11-5-. The molecule has 200 valence electrons. The van der Waals surface area contributed by atoms with Gasteiger partial charge in [-0.1, -0.05) is 110 Å². The summed E-state index contributed by atoms with van der Waals surface area (Å²) in [5.74, 6) is 0. The second-order valence-corrected chi connectivity index (χ2v) is 10.6. The normalized spacial score (nSPS) is 12.0. The highest BCUT2D eigenvalue weighted by molar-refractivity contribution is 5.97. The van der Waals surface area contributed by atoms with Crippen molar-refractivity contribution in [3.63, 3.8) is 0 Å². The van der Waals surface area contributed by atoms with Gasteiger partial charge in [0.15, 0.2) is 0 Å². The number of allylic oxidation sites excluding steroid dienone is 2. The highest BCUT2D eigenvalue weighted by Gasteiger charge is 2.19. The summed E-state index contributed by atoms with van der Waals surface area (Å²) in [7, 11) is 0. The number of fused-ring (bicyclic) bond motifs is 4. The fourth-order valence-corrected chi connectivity index (χ4v) is 5.92. The number of hydrogen-bond donors (Lipinski definition) is 1. The van der Waals surface area contributed by atoms with Gasteiger partial charge >= 0.3 is 0 Å². The van der Waals surface area contributed by atoms with Crippen LogP contribution in [0.4, 0.5) is 5.69 Å². The van der Waals surface area contributed by atoms with Crippen molar-refractivity contribution in [2.45, 2.75) is 6.42 Å². The lowest BCUT2D eigenvalue weighted by atomic mass is 9.98. The first-order chi connectivity index (χ1) is 20.6. The SMILES string of the molecule is C=CC1=c2c(cccc2=C)-c2cc(-c3ccc4ccc(/C=C\Cc5cccc(-c6cccnc6)c5)c(N)c4n3)ccc21. The van der Waals surface area contributed by atoms with E-state index < -0.39 is 0 Å². The molecule has 3 heteroatoms. The molecule has 2 heterocycles. The molecule has 0 bridgehead atoms. The number of nitrogen functional groups attached to an aromatic ring is 1. The average molecular weight is 540 g/mol. The predicted molar refractivity (Wildman–Crippen MR) is 177 cm³/mol. The summed E-state index contributed by atoms with van der Waals surface area (Å²) in [6.45, 7) is 8.33. The monoisotopic (exact) mass is 539 g/mol. The van der Waals surface area contributed by atoms with Gasteiger partial charge < -0.3 is 5.73 Å². The van der Waals surface area contributed by atoms with Crippen molar-refractivity contribution in [3.05, 3.63) is 155 Å². The molecule has 0 saturated heterocycles. The first kappa shape index (κ1) is 25.4. The van der Waals surface area contributed by atoms with Gasteiger partial charge in [0, 0.05) is 23.3 Å². The van der Waals surface area contributed by atoms with E-state index in [1.54, 1.807) is 6.20 Å². The van der Waals surface area contributed by atoms with Gasteiger partial charge in [0.05, 0.1) is 16.9 Å². The van der Waals surface area contributed by atoms with Crippen LogP contribution < -0.4 is 16.2 Å². The van der Waals surface area contributed by atoms with E-state index >= 15 is 0 Å². The Labute approximate surface area is 245 Å². The molecule has 2 N–H and O–H groups in total. The number of benzene rings is 4. The molecule has 7 rings (SSSR count). The Morgan fingerprint density at radius 1 is 0.762 bits per heavy atom. The van der Waals surface area contributed by atoms with Crippen LogP contribution in [-0.2, 0) is 6.42 Å². The van der Waals surface area contributed by atoms with Gasteiger partial charge in [0.1, 0.15) is 0 Å². The molecule has 0 amide bonds. The fraction of sp³-hybridized carbons (Fsp3) is 0.0256. The maximum absolute atomic E-state index is 6.71. The number of aromatic nitrogens is 2. The van der Waals surface area contributed by atoms with Crippen LogP contribution >= 0.6 is 0 Å². The van der Waals surface area contributed by atoms with Crippen molar-refractivity contribution in [3.8, 4) is 33.5 Å². The summed E-state index contributed by atoms with van der Waals surface area (Å²) in [5, 5.41) is 3.20. The van der Waals surface area contributed by atoms with Crippen LogP contribution in [-0.4, -0.2) is 9.97 Å². The van der Waals surface area contributed by atoms with Crippen LogP contribution in [0.1, 0.15) is 16.7 Å². The number of anilines is 1. The Morgan fingerprint density at radius 2 is 1.62 bits per heavy atom. The Morgan fingerprint density at radius 3 is 2.48 bits per heavy atom. The Hall–Kier alpha value is -5.54. The first-order valence-corrected chi connectivity index (χ1v) is 14.1. The summed E-state index contributed by atoms with van der Waals surface area (Å²) in [6, 6.07) is 33.7. The van der Waals surface area contributed by atoms with Crippen LogP contribution in [0, 0.1) is 0 Å². The summed E-state index contributed by atoms with van der Waals surface area (Å²) in [5.41, 5.74) is 19.3. The number of nitrogens with zero attached hydrogens (tertiary/aromatic N) is 2. The molecule has 3 nitrogen and oxygen atoms in total. The third-order valence-corrected chi connectivity index (χ3v) is 8.03. The van der Waals surface area contributed by atoms with Crippen LogP contribution in [0.3, 0.4) is 0 Å². The van der Waals surface area contributed by atoms with Gasteiger partial charge in [-0.05, 0) is 79.6 Å². The van der Waals surface area contributed by atoms with Crippen molar-refractivity contribution >= 4 is 34.8 Å². The molecular formula is C39H29N3. The van der Waals surface area contributed by atoms with Crippen LogP contribution in [0.15, 0.2) is 128 Å². The Kier molecular flexibility index (Phi) is 6.33. The van der Waals surface area contributed by atoms with Crippen molar-refractivity contribution in [2.75, 3.05) is 5.73 Å². The third kappa shape index (κ3) is 4.42. The molecule has 6 aromatic rings. The highest BCUT2D eigenvalue weighted by atomic mass is 14.7. The lowest BCUT2D eigenvalue weighted by Crippen LogP contribution is -2.24. The minimum Gasteiger partial charge on any atom is -0.396 e. The quantitative estimate of drug-likeness (QED) is 0.222. The Balaban J connectivity index is 1.19. The van der Waals surface area contributed by atoms with Gasteiger partial charge in [0.2, 0.25) is 0 Å². The minimum absolute atomic E-state index is 0.685. The number of pyridine rings is 2. The largest absolute Gasteiger partial charge is 0.396 e. The summed E-state index contributed by atoms with van der Waals surface area (Å²) in [4.78, 5) is 9.30. The van der Waals surface area contributed by atoms with Crippen molar-refractivity contribution in [1.29, 1.82) is 0 Å². The van der Waals surface area contributed by atoms with Crippen LogP contribution in [0.25, 0.3) is 62.6 Å². The molecule has 1 aliphatic carbocycles. The van der Waals surface area contributed by atoms with E-state index in [4.69, 9.17) is 10.7 Å². The summed E-state index contributed by atoms with van der Waals surface area (Å²) < 4.78 is 0. The maximum atomic E-state index is 6.71. The Bertz CT molecular complexity index is 2160. The number of hydrogen-bond acceptors (Lipinski definition) is 3. The molecule has 0 aliphatic heterocycles. The zero-order chi connectivity index (χ0) is 28.6. The first-order valence-electron chi connectivity index (χ1n) is 14.1. The van der Waals surface area contributed by atoms with Gasteiger partial charge in [-0.25, -0.2) is 4.98 Å². The van der Waals surface area contributed by atoms with Crippen molar-refractivity contribution in [1.82, 2.24) is 9.97 Å². The van der Waals surface area contributed by atoms with E-state index in [1.165, 1.54) is 22.3 Å². The van der Waals surface area contributed by atoms with Gasteiger partial charge in [-0.2, -0.15) is 0 Å². The second kappa shape index (κ2) is 10.5. The molecule has 0 radical (unpaired) electrons. The maximum Gasteiger partial charge on any atom is 0.0944 e. The lowest BCUT2D eigenvalue weighted by Gasteiger charge is -2.10. The van der Waals surface area contributed by atoms with Gasteiger partial charge in [0.25, 0.3) is 0 Å². The number of rotatable bonds is 6. The zero-order valence-electron chi connectivity index (χ0n) is 23.2. The fourth-order valence-electron chi connectivity index (χ4n) is 5.92. The average Bonchev–Trinajstić information content (AvgIpc) is 3.37. The lowest BCUT2D eigenvalue weighted by molar-refractivity contribution is 1.27. The molecule has 0 fully saturated rings. The van der Waals surface area contributed by atoms with E-state index in [0.29, 0.717) is 5.69 Å². The van der Waals surface area contributed by atoms with E-state index in [1.807, 2.05) is 24.4 Å². The molecule has 0 atom stereocenters. The van der Waals surface area contributed by atoms with E-state index in [2.05, 4.69) is 115 Å². The smallest absolute Gasteiger partial charge is 0.0944 e. The molecule has 42 heavy (non-hydrogen) atoms. The van der Waals surface area contributed by atoms with E-state index in [0.717, 1.165) is 61.3 Å². The second-order valence-electron chi connectivity index (χ2n) is 10.6. The topological polar surface area (TPSA) is 51.8 Å². The molecule has 1 aliphatic rings. The third-order valence-electron chi connectivity index (χ3n) is 8.03. The van der Waals surface area contributed by atoms with Crippen molar-refractivity contribution < 1.29 is 0 Å². The predicted octanol–water partition coefficient (Wildman–Crippen LogP) is 7.58. The van der Waals surface area contributed by atoms with Crippen LogP contribution in [0.5, 0.6) is 0 Å². The van der Waals surface area contributed by atoms with Gasteiger partial charge in [-0.15, -0.1) is 0 Å². The molecule has 4 aromatic carbocycles. The van der Waals surface area contributed by atoms with Crippen molar-refractivity contribution in [2.24, 2.45) is 0 Å². The highest BCUT2D eigenvalue weighted by Crippen LogP contribution is 2.36. The van der Waals surface area contributed by atoms with Crippen LogP contribution in [0.2, 0.25) is 0 Å². The molecule has 0 saturated carbocycles. The molecule has 0 spiro atoms. The number of nitrogens with two attached hydrogens (primary N) is 1. The summed E-state index contributed by atoms with van der Waals surface area (Å²) >= 11 is 0. The molecule has 2 aromatic heterocycles. The molecular weight excluding hydrogens is 510 g/mol. The van der Waals surface area contributed by atoms with E-state index in [-0.39, 0.29) is 0 Å². The summed E-state index contributed by atoms with van der Waals surface area (Å²) in [6.07, 6.45) is 10.7. The van der Waals surface area contributed by atoms with E-state index in [9.17, 15) is 0 Å². The minimum atomic E-state index is 0.685. The molecule has 0 unspecified atom stereocenters. The van der Waals surface area contributed by atoms with Gasteiger partial charge in [-0.3, -0.25) is 4.98 Å². The zero-order valence-corrected chi connectivity index (χ0v) is 23.2.